The van der Waals surface area contributed by atoms with Crippen molar-refractivity contribution in [2.24, 2.45) is 12.0 Å². The summed E-state index contributed by atoms with van der Waals surface area (Å²) >= 11 is 5.99. The maximum atomic E-state index is 5.99. The third-order valence-electron chi connectivity index (χ3n) is 5.45. The van der Waals surface area contributed by atoms with E-state index in [1.165, 1.54) is 5.56 Å². The quantitative estimate of drug-likeness (QED) is 0.454. The Kier molecular flexibility index (Phi) is 6.72. The Morgan fingerprint density at radius 1 is 1.19 bits per heavy atom. The second kappa shape index (κ2) is 9.83. The van der Waals surface area contributed by atoms with Gasteiger partial charge in [-0.3, -0.25) is 0 Å². The van der Waals surface area contributed by atoms with Gasteiger partial charge in [0, 0.05) is 30.6 Å². The van der Waals surface area contributed by atoms with Gasteiger partial charge >= 0.3 is 0 Å². The molecule has 2 aromatic carbocycles. The van der Waals surface area contributed by atoms with Crippen LogP contribution in [0.5, 0.6) is 5.75 Å². The van der Waals surface area contributed by atoms with Crippen molar-refractivity contribution in [2.45, 2.75) is 32.4 Å². The second-order valence-corrected chi connectivity index (χ2v) is 8.00. The second-order valence-electron chi connectivity index (χ2n) is 7.56. The highest BCUT2D eigenvalue weighted by Crippen LogP contribution is 2.31. The molecule has 1 aliphatic rings. The Morgan fingerprint density at radius 3 is 2.77 bits per heavy atom. The number of hydrogen-bond acceptors (Lipinski definition) is 4. The summed E-state index contributed by atoms with van der Waals surface area (Å²) < 4.78 is 7.76. The number of aliphatic imine (C=N–C) groups is 1. The Hall–Kier alpha value is -3.06. The van der Waals surface area contributed by atoms with Crippen molar-refractivity contribution < 1.29 is 4.74 Å². The number of halogens is 1. The van der Waals surface area contributed by atoms with Crippen LogP contribution in [0.3, 0.4) is 0 Å². The van der Waals surface area contributed by atoms with Crippen molar-refractivity contribution >= 4 is 17.6 Å². The lowest BCUT2D eigenvalue weighted by Crippen LogP contribution is -2.42. The van der Waals surface area contributed by atoms with Gasteiger partial charge in [-0.15, -0.1) is 10.2 Å². The number of aryl methyl sites for hydroxylation is 1. The molecule has 0 radical (unpaired) electrons. The SMILES string of the molecule is Cc1nnc(CN=C(NCCc2ccc(Cl)cc2)NC2CCOc3ccccc32)n1C. The van der Waals surface area contributed by atoms with Crippen LogP contribution >= 0.6 is 11.6 Å². The number of rotatable bonds is 6. The molecule has 1 atom stereocenters. The first-order chi connectivity index (χ1) is 15.1. The van der Waals surface area contributed by atoms with E-state index in [-0.39, 0.29) is 6.04 Å². The minimum Gasteiger partial charge on any atom is -0.493 e. The van der Waals surface area contributed by atoms with Crippen molar-refractivity contribution in [2.75, 3.05) is 13.2 Å². The number of ether oxygens (including phenoxy) is 1. The molecular formula is C23H27ClN6O. The zero-order valence-corrected chi connectivity index (χ0v) is 18.6. The van der Waals surface area contributed by atoms with Gasteiger partial charge in [-0.1, -0.05) is 41.9 Å². The summed E-state index contributed by atoms with van der Waals surface area (Å²) in [6.45, 7) is 3.80. The number of para-hydroxylation sites is 1. The number of aromatic nitrogens is 3. The molecule has 0 saturated heterocycles. The smallest absolute Gasteiger partial charge is 0.192 e. The van der Waals surface area contributed by atoms with Crippen LogP contribution in [0.1, 0.15) is 35.2 Å². The molecule has 0 saturated carbocycles. The van der Waals surface area contributed by atoms with Crippen LogP contribution in [-0.4, -0.2) is 33.9 Å². The average Bonchev–Trinajstić information content (AvgIpc) is 3.11. The first-order valence-corrected chi connectivity index (χ1v) is 10.8. The fourth-order valence-corrected chi connectivity index (χ4v) is 3.65. The van der Waals surface area contributed by atoms with Crippen molar-refractivity contribution in [1.82, 2.24) is 25.4 Å². The molecule has 1 aromatic heterocycles. The Labute approximate surface area is 187 Å². The predicted octanol–water partition coefficient (Wildman–Crippen LogP) is 3.58. The minimum absolute atomic E-state index is 0.132. The summed E-state index contributed by atoms with van der Waals surface area (Å²) in [7, 11) is 1.95. The molecule has 8 heteroatoms. The Bertz CT molecular complexity index is 1050. The lowest BCUT2D eigenvalue weighted by molar-refractivity contribution is 0.261. The summed E-state index contributed by atoms with van der Waals surface area (Å²) in [6.07, 6.45) is 1.74. The van der Waals surface area contributed by atoms with E-state index in [2.05, 4.69) is 26.9 Å². The summed E-state index contributed by atoms with van der Waals surface area (Å²) in [5.74, 6) is 3.37. The molecule has 0 bridgehead atoms. The zero-order valence-electron chi connectivity index (χ0n) is 17.8. The lowest BCUT2D eigenvalue weighted by Gasteiger charge is -2.28. The predicted molar refractivity (Wildman–Crippen MR) is 122 cm³/mol. The van der Waals surface area contributed by atoms with Crippen molar-refractivity contribution in [3.05, 3.63) is 76.3 Å². The molecule has 3 aromatic rings. The maximum Gasteiger partial charge on any atom is 0.192 e. The molecule has 1 unspecified atom stereocenters. The Morgan fingerprint density at radius 2 is 2.00 bits per heavy atom. The van der Waals surface area contributed by atoms with E-state index in [4.69, 9.17) is 21.3 Å². The third-order valence-corrected chi connectivity index (χ3v) is 5.70. The highest BCUT2D eigenvalue weighted by atomic mass is 35.5. The van der Waals surface area contributed by atoms with E-state index in [9.17, 15) is 0 Å². The molecule has 4 rings (SSSR count). The first kappa shape index (κ1) is 21.2. The molecule has 162 valence electrons. The van der Waals surface area contributed by atoms with Gasteiger partial charge in [0.15, 0.2) is 11.8 Å². The third kappa shape index (κ3) is 5.35. The maximum absolute atomic E-state index is 5.99. The standard InChI is InChI=1S/C23H27ClN6O/c1-16-28-29-22(30(16)2)15-26-23(25-13-11-17-7-9-18(24)10-8-17)27-20-12-14-31-21-6-4-3-5-19(20)21/h3-10,20H,11-15H2,1-2H3,(H2,25,26,27). The summed E-state index contributed by atoms with van der Waals surface area (Å²) in [5, 5.41) is 16.1. The molecule has 31 heavy (non-hydrogen) atoms. The van der Waals surface area contributed by atoms with Crippen LogP contribution in [0, 0.1) is 6.92 Å². The van der Waals surface area contributed by atoms with Crippen molar-refractivity contribution in [3.63, 3.8) is 0 Å². The number of fused-ring (bicyclic) bond motifs is 1. The topological polar surface area (TPSA) is 76.4 Å². The van der Waals surface area contributed by atoms with Gasteiger partial charge in [-0.05, 0) is 37.1 Å². The highest BCUT2D eigenvalue weighted by molar-refractivity contribution is 6.30. The largest absolute Gasteiger partial charge is 0.493 e. The van der Waals surface area contributed by atoms with Crippen molar-refractivity contribution in [1.29, 1.82) is 0 Å². The van der Waals surface area contributed by atoms with Crippen LogP contribution in [0.25, 0.3) is 0 Å². The monoisotopic (exact) mass is 438 g/mol. The van der Waals surface area contributed by atoms with Crippen LogP contribution in [0.4, 0.5) is 0 Å². The van der Waals surface area contributed by atoms with Gasteiger partial charge < -0.3 is 19.9 Å². The first-order valence-electron chi connectivity index (χ1n) is 10.5. The van der Waals surface area contributed by atoms with Gasteiger partial charge in [0.2, 0.25) is 0 Å². The van der Waals surface area contributed by atoms with Crippen LogP contribution in [0.2, 0.25) is 5.02 Å². The van der Waals surface area contributed by atoms with Gasteiger partial charge in [0.25, 0.3) is 0 Å². The number of nitrogens with zero attached hydrogens (tertiary/aromatic N) is 4. The van der Waals surface area contributed by atoms with Crippen LogP contribution in [0.15, 0.2) is 53.5 Å². The fourth-order valence-electron chi connectivity index (χ4n) is 3.52. The van der Waals surface area contributed by atoms with E-state index < -0.39 is 0 Å². The van der Waals surface area contributed by atoms with Gasteiger partial charge in [-0.2, -0.15) is 0 Å². The van der Waals surface area contributed by atoms with E-state index in [0.29, 0.717) is 13.2 Å². The number of benzene rings is 2. The summed E-state index contributed by atoms with van der Waals surface area (Å²) in [6, 6.07) is 16.2. The minimum atomic E-state index is 0.132. The van der Waals surface area contributed by atoms with E-state index in [0.717, 1.165) is 53.3 Å². The normalized spacial score (nSPS) is 15.8. The molecule has 2 heterocycles. The average molecular weight is 439 g/mol. The fraction of sp³-hybridized carbons (Fsp3) is 0.348. The Balaban J connectivity index is 1.47. The van der Waals surface area contributed by atoms with Gasteiger partial charge in [0.1, 0.15) is 18.1 Å². The van der Waals surface area contributed by atoms with Gasteiger partial charge in [0.05, 0.1) is 12.6 Å². The molecule has 2 N–H and O–H groups in total. The molecule has 1 aliphatic heterocycles. The highest BCUT2D eigenvalue weighted by Gasteiger charge is 2.22. The van der Waals surface area contributed by atoms with E-state index in [1.807, 2.05) is 61.0 Å². The molecule has 0 fully saturated rings. The van der Waals surface area contributed by atoms with E-state index >= 15 is 0 Å². The van der Waals surface area contributed by atoms with Crippen LogP contribution in [-0.2, 0) is 20.0 Å². The van der Waals surface area contributed by atoms with Gasteiger partial charge in [-0.25, -0.2) is 4.99 Å². The number of nitrogens with one attached hydrogen (secondary N) is 2. The van der Waals surface area contributed by atoms with Crippen LogP contribution < -0.4 is 15.4 Å². The lowest BCUT2D eigenvalue weighted by atomic mass is 10.0. The van der Waals surface area contributed by atoms with E-state index in [1.54, 1.807) is 0 Å². The molecule has 7 nitrogen and oxygen atoms in total. The zero-order chi connectivity index (χ0) is 21.6. The summed E-state index contributed by atoms with van der Waals surface area (Å²) in [4.78, 5) is 4.79. The number of guanidine groups is 1. The molecule has 0 spiro atoms. The van der Waals surface area contributed by atoms with Crippen molar-refractivity contribution in [3.8, 4) is 5.75 Å². The number of hydrogen-bond donors (Lipinski definition) is 2. The molecular weight excluding hydrogens is 412 g/mol. The molecule has 0 amide bonds. The molecule has 0 aliphatic carbocycles. The summed E-state index contributed by atoms with van der Waals surface area (Å²) in [5.41, 5.74) is 2.37.